The highest BCUT2D eigenvalue weighted by molar-refractivity contribution is 7.17. The lowest BCUT2D eigenvalue weighted by Gasteiger charge is -2.32. The highest BCUT2D eigenvalue weighted by atomic mass is 32.1. The molecule has 1 unspecified atom stereocenters. The summed E-state index contributed by atoms with van der Waals surface area (Å²) in [5.74, 6) is 0.962. The number of nitrogens with one attached hydrogen (secondary N) is 1. The standard InChI is InChI=1S/C19H26N2OS/c1-20-12-15-6-5-11-21(13-15)19(22)10-4-7-16-14-23-18-9-3-2-8-17(16)18/h2-3,8-9,14-15,20H,4-7,10-13H2,1H3. The zero-order valence-corrected chi connectivity index (χ0v) is 14.7. The van der Waals surface area contributed by atoms with Gasteiger partial charge in [0.1, 0.15) is 0 Å². The molecule has 1 saturated heterocycles. The first-order valence-electron chi connectivity index (χ1n) is 8.65. The van der Waals surface area contributed by atoms with E-state index in [0.717, 1.165) is 38.9 Å². The summed E-state index contributed by atoms with van der Waals surface area (Å²) in [4.78, 5) is 14.5. The Morgan fingerprint density at radius 1 is 1.39 bits per heavy atom. The van der Waals surface area contributed by atoms with Crippen LogP contribution in [0.15, 0.2) is 29.6 Å². The summed E-state index contributed by atoms with van der Waals surface area (Å²) in [6.45, 7) is 2.89. The summed E-state index contributed by atoms with van der Waals surface area (Å²) < 4.78 is 1.35. The Balaban J connectivity index is 1.49. The van der Waals surface area contributed by atoms with Gasteiger partial charge in [-0.25, -0.2) is 0 Å². The summed E-state index contributed by atoms with van der Waals surface area (Å²) in [6.07, 6.45) is 5.02. The van der Waals surface area contributed by atoms with Crippen molar-refractivity contribution >= 4 is 27.3 Å². The maximum Gasteiger partial charge on any atom is 0.222 e. The van der Waals surface area contributed by atoms with Gasteiger partial charge in [0.05, 0.1) is 0 Å². The normalized spacial score (nSPS) is 18.5. The molecule has 124 valence electrons. The minimum Gasteiger partial charge on any atom is -0.342 e. The van der Waals surface area contributed by atoms with Crippen molar-refractivity contribution in [3.63, 3.8) is 0 Å². The van der Waals surface area contributed by atoms with E-state index in [2.05, 4.69) is 39.9 Å². The fraction of sp³-hybridized carbons (Fsp3) is 0.526. The Labute approximate surface area is 142 Å². The van der Waals surface area contributed by atoms with E-state index in [9.17, 15) is 4.79 Å². The van der Waals surface area contributed by atoms with Crippen molar-refractivity contribution in [3.05, 3.63) is 35.2 Å². The van der Waals surface area contributed by atoms with E-state index >= 15 is 0 Å². The number of likely N-dealkylation sites (tertiary alicyclic amines) is 1. The van der Waals surface area contributed by atoms with Crippen molar-refractivity contribution in [2.45, 2.75) is 32.1 Å². The fourth-order valence-electron chi connectivity index (χ4n) is 3.56. The van der Waals surface area contributed by atoms with Crippen molar-refractivity contribution in [3.8, 4) is 0 Å². The largest absolute Gasteiger partial charge is 0.342 e. The van der Waals surface area contributed by atoms with Gasteiger partial charge in [0.2, 0.25) is 5.91 Å². The monoisotopic (exact) mass is 330 g/mol. The molecule has 2 aromatic rings. The Bertz CT molecular complexity index is 650. The number of rotatable bonds is 6. The van der Waals surface area contributed by atoms with E-state index in [1.54, 1.807) is 11.3 Å². The SMILES string of the molecule is CNCC1CCCN(C(=O)CCCc2csc3ccccc23)C1. The van der Waals surface area contributed by atoms with Gasteiger partial charge in [0.15, 0.2) is 0 Å². The molecule has 1 N–H and O–H groups in total. The number of aryl methyl sites for hydroxylation is 1. The minimum atomic E-state index is 0.338. The quantitative estimate of drug-likeness (QED) is 0.876. The van der Waals surface area contributed by atoms with Crippen molar-refractivity contribution in [1.29, 1.82) is 0 Å². The number of hydrogen-bond donors (Lipinski definition) is 1. The third-order valence-corrected chi connectivity index (χ3v) is 5.77. The van der Waals surface area contributed by atoms with Crippen LogP contribution in [0.1, 0.15) is 31.2 Å². The molecule has 1 fully saturated rings. The second-order valence-corrected chi connectivity index (χ2v) is 7.43. The van der Waals surface area contributed by atoms with Gasteiger partial charge in [-0.05, 0) is 67.6 Å². The van der Waals surface area contributed by atoms with Crippen LogP contribution >= 0.6 is 11.3 Å². The van der Waals surface area contributed by atoms with Gasteiger partial charge in [-0.15, -0.1) is 11.3 Å². The Kier molecular flexibility index (Phi) is 5.68. The lowest BCUT2D eigenvalue weighted by Crippen LogP contribution is -2.42. The highest BCUT2D eigenvalue weighted by Gasteiger charge is 2.22. The van der Waals surface area contributed by atoms with Gasteiger partial charge >= 0.3 is 0 Å². The van der Waals surface area contributed by atoms with Gasteiger partial charge in [0.25, 0.3) is 0 Å². The van der Waals surface area contributed by atoms with Gasteiger partial charge in [-0.1, -0.05) is 18.2 Å². The van der Waals surface area contributed by atoms with Crippen LogP contribution in [0.2, 0.25) is 0 Å². The first kappa shape index (κ1) is 16.5. The Hall–Kier alpha value is -1.39. The molecule has 0 aliphatic carbocycles. The van der Waals surface area contributed by atoms with E-state index in [0.29, 0.717) is 18.2 Å². The first-order valence-corrected chi connectivity index (χ1v) is 9.53. The molecular weight excluding hydrogens is 304 g/mol. The van der Waals surface area contributed by atoms with Gasteiger partial charge < -0.3 is 10.2 Å². The number of nitrogens with zero attached hydrogens (tertiary/aromatic N) is 1. The molecule has 2 heterocycles. The number of benzene rings is 1. The van der Waals surface area contributed by atoms with Gasteiger partial charge in [-0.2, -0.15) is 0 Å². The van der Waals surface area contributed by atoms with Crippen molar-refractivity contribution in [2.75, 3.05) is 26.7 Å². The fourth-order valence-corrected chi connectivity index (χ4v) is 4.56. The molecule has 1 aliphatic heterocycles. The molecule has 1 aliphatic rings. The lowest BCUT2D eigenvalue weighted by molar-refractivity contribution is -0.133. The predicted octanol–water partition coefficient (Wildman–Crippen LogP) is 3.68. The molecule has 3 rings (SSSR count). The number of amides is 1. The number of thiophene rings is 1. The zero-order chi connectivity index (χ0) is 16.1. The van der Waals surface area contributed by atoms with Gasteiger partial charge in [-0.3, -0.25) is 4.79 Å². The number of piperidine rings is 1. The topological polar surface area (TPSA) is 32.3 Å². The van der Waals surface area contributed by atoms with Crippen LogP contribution in [-0.2, 0) is 11.2 Å². The molecule has 1 aromatic heterocycles. The maximum atomic E-state index is 12.4. The van der Waals surface area contributed by atoms with E-state index in [1.165, 1.54) is 22.1 Å². The number of hydrogen-bond acceptors (Lipinski definition) is 3. The molecule has 4 heteroatoms. The number of carbonyl (C=O) groups excluding carboxylic acids is 1. The average molecular weight is 330 g/mol. The third-order valence-electron chi connectivity index (χ3n) is 4.76. The van der Waals surface area contributed by atoms with Gasteiger partial charge in [0, 0.05) is 24.2 Å². The van der Waals surface area contributed by atoms with E-state index in [4.69, 9.17) is 0 Å². The summed E-state index contributed by atoms with van der Waals surface area (Å²) >= 11 is 1.80. The van der Waals surface area contributed by atoms with Crippen LogP contribution in [0.4, 0.5) is 0 Å². The molecule has 1 aromatic carbocycles. The van der Waals surface area contributed by atoms with Crippen molar-refractivity contribution < 1.29 is 4.79 Å². The third kappa shape index (κ3) is 4.12. The van der Waals surface area contributed by atoms with E-state index < -0.39 is 0 Å². The second-order valence-electron chi connectivity index (χ2n) is 6.52. The molecule has 0 radical (unpaired) electrons. The molecule has 23 heavy (non-hydrogen) atoms. The zero-order valence-electron chi connectivity index (χ0n) is 13.9. The summed E-state index contributed by atoms with van der Waals surface area (Å²) in [5.41, 5.74) is 1.39. The van der Waals surface area contributed by atoms with Crippen molar-refractivity contribution in [2.24, 2.45) is 5.92 Å². The molecule has 1 amide bonds. The van der Waals surface area contributed by atoms with Crippen LogP contribution in [0.5, 0.6) is 0 Å². The second kappa shape index (κ2) is 7.93. The highest BCUT2D eigenvalue weighted by Crippen LogP contribution is 2.27. The van der Waals surface area contributed by atoms with Crippen molar-refractivity contribution in [1.82, 2.24) is 10.2 Å². The summed E-state index contributed by atoms with van der Waals surface area (Å²) in [5, 5.41) is 6.85. The number of fused-ring (bicyclic) bond motifs is 1. The minimum absolute atomic E-state index is 0.338. The molecule has 0 bridgehead atoms. The van der Waals surface area contributed by atoms with Crippen LogP contribution in [0, 0.1) is 5.92 Å². The molecule has 0 spiro atoms. The summed E-state index contributed by atoms with van der Waals surface area (Å²) in [7, 11) is 1.99. The molecule has 3 nitrogen and oxygen atoms in total. The predicted molar refractivity (Wildman–Crippen MR) is 98.0 cm³/mol. The molecular formula is C19H26N2OS. The van der Waals surface area contributed by atoms with Crippen LogP contribution in [-0.4, -0.2) is 37.5 Å². The lowest BCUT2D eigenvalue weighted by atomic mass is 9.97. The van der Waals surface area contributed by atoms with Crippen LogP contribution < -0.4 is 5.32 Å². The van der Waals surface area contributed by atoms with Crippen LogP contribution in [0.25, 0.3) is 10.1 Å². The summed E-state index contributed by atoms with van der Waals surface area (Å²) in [6, 6.07) is 8.55. The van der Waals surface area contributed by atoms with Crippen LogP contribution in [0.3, 0.4) is 0 Å². The Morgan fingerprint density at radius 3 is 3.13 bits per heavy atom. The maximum absolute atomic E-state index is 12.4. The number of carbonyl (C=O) groups is 1. The van der Waals surface area contributed by atoms with E-state index in [-0.39, 0.29) is 0 Å². The first-order chi connectivity index (χ1) is 11.3. The molecule has 1 atom stereocenters. The average Bonchev–Trinajstić information content (AvgIpc) is 2.99. The van der Waals surface area contributed by atoms with E-state index in [1.807, 2.05) is 7.05 Å². The smallest absolute Gasteiger partial charge is 0.222 e. The Morgan fingerprint density at radius 2 is 2.26 bits per heavy atom. The molecule has 0 saturated carbocycles.